The molecule has 3 N–H and O–H groups in total. The summed E-state index contributed by atoms with van der Waals surface area (Å²) in [5.74, 6) is 0.734. The lowest BCUT2D eigenvalue weighted by Crippen LogP contribution is -2.40. The second-order valence-corrected chi connectivity index (χ2v) is 9.24. The molecule has 2 aromatic rings. The SMILES string of the molecule is O=S(c1ccc(OC(F)(F)F)cc1)N1CCC(CNC[C@H](O)COc2ccc(O)cc2)CC1. The van der Waals surface area contributed by atoms with Crippen LogP contribution in [-0.4, -0.2) is 64.0 Å². The van der Waals surface area contributed by atoms with E-state index in [1.807, 2.05) is 0 Å². The molecule has 182 valence electrons. The summed E-state index contributed by atoms with van der Waals surface area (Å²) in [6, 6.07) is 11.4. The second kappa shape index (κ2) is 11.7. The van der Waals surface area contributed by atoms with Crippen molar-refractivity contribution in [3.05, 3.63) is 48.5 Å². The molecule has 11 heteroatoms. The van der Waals surface area contributed by atoms with E-state index in [1.165, 1.54) is 24.3 Å². The molecule has 7 nitrogen and oxygen atoms in total. The molecule has 2 atom stereocenters. The van der Waals surface area contributed by atoms with Crippen LogP contribution in [0.3, 0.4) is 0 Å². The third-order valence-electron chi connectivity index (χ3n) is 5.16. The molecular weight excluding hydrogens is 461 g/mol. The number of aliphatic hydroxyl groups excluding tert-OH is 1. The van der Waals surface area contributed by atoms with Gasteiger partial charge in [0, 0.05) is 19.6 Å². The molecule has 1 unspecified atom stereocenters. The van der Waals surface area contributed by atoms with Crippen LogP contribution < -0.4 is 14.8 Å². The van der Waals surface area contributed by atoms with Gasteiger partial charge in [-0.1, -0.05) is 0 Å². The van der Waals surface area contributed by atoms with Gasteiger partial charge in [-0.25, -0.2) is 8.51 Å². The van der Waals surface area contributed by atoms with Gasteiger partial charge in [-0.2, -0.15) is 0 Å². The van der Waals surface area contributed by atoms with Crippen LogP contribution in [0.4, 0.5) is 13.2 Å². The Bertz CT molecular complexity index is 888. The highest BCUT2D eigenvalue weighted by atomic mass is 32.2. The largest absolute Gasteiger partial charge is 0.573 e. The first-order valence-electron chi connectivity index (χ1n) is 10.5. The van der Waals surface area contributed by atoms with Gasteiger partial charge >= 0.3 is 6.36 Å². The van der Waals surface area contributed by atoms with Crippen molar-refractivity contribution < 1.29 is 37.1 Å². The highest BCUT2D eigenvalue weighted by Gasteiger charge is 2.31. The Kier molecular flexibility index (Phi) is 8.95. The summed E-state index contributed by atoms with van der Waals surface area (Å²) in [6.45, 7) is 2.41. The average Bonchev–Trinajstić information content (AvgIpc) is 2.78. The normalized spacial score (nSPS) is 17.5. The van der Waals surface area contributed by atoms with Gasteiger partial charge in [0.15, 0.2) is 0 Å². The number of phenolic OH excluding ortho intramolecular Hbond substituents is 1. The second-order valence-electron chi connectivity index (χ2n) is 7.76. The van der Waals surface area contributed by atoms with E-state index in [0.29, 0.717) is 42.7 Å². The third-order valence-corrected chi connectivity index (χ3v) is 6.67. The highest BCUT2D eigenvalue weighted by Crippen LogP contribution is 2.25. The van der Waals surface area contributed by atoms with Gasteiger partial charge in [0.25, 0.3) is 0 Å². The fraction of sp³-hybridized carbons (Fsp3) is 0.455. The standard InChI is InChI=1S/C22H27F3N2O5S/c23-22(24,25)32-20-5-7-21(8-6-20)33(30)27-11-9-16(10-12-27)13-26-14-18(29)15-31-19-3-1-17(28)2-4-19/h1-8,16,18,26,28-29H,9-15H2/t18-,33?/m0/s1. The van der Waals surface area contributed by atoms with E-state index in [1.54, 1.807) is 16.4 Å². The fourth-order valence-corrected chi connectivity index (χ4v) is 4.64. The van der Waals surface area contributed by atoms with Crippen LogP contribution >= 0.6 is 0 Å². The van der Waals surface area contributed by atoms with E-state index in [4.69, 9.17) is 4.74 Å². The van der Waals surface area contributed by atoms with E-state index in [9.17, 15) is 27.6 Å². The van der Waals surface area contributed by atoms with Gasteiger partial charge in [-0.05, 0) is 73.8 Å². The molecule has 2 aromatic carbocycles. The first-order valence-corrected chi connectivity index (χ1v) is 11.6. The molecule has 0 aromatic heterocycles. The number of benzene rings is 2. The Labute approximate surface area is 192 Å². The van der Waals surface area contributed by atoms with Crippen LogP contribution in [0.2, 0.25) is 0 Å². The minimum absolute atomic E-state index is 0.127. The number of ether oxygens (including phenoxy) is 2. The van der Waals surface area contributed by atoms with Crippen molar-refractivity contribution in [1.82, 2.24) is 9.62 Å². The molecule has 3 rings (SSSR count). The molecule has 0 spiro atoms. The first kappa shape index (κ1) is 25.3. The number of alkyl halides is 3. The van der Waals surface area contributed by atoms with Crippen molar-refractivity contribution in [3.63, 3.8) is 0 Å². The molecule has 0 radical (unpaired) electrons. The summed E-state index contributed by atoms with van der Waals surface area (Å²) in [7, 11) is -1.45. The van der Waals surface area contributed by atoms with Crippen molar-refractivity contribution in [1.29, 1.82) is 0 Å². The maximum atomic E-state index is 12.7. The van der Waals surface area contributed by atoms with Gasteiger partial charge in [-0.3, -0.25) is 0 Å². The zero-order valence-electron chi connectivity index (χ0n) is 17.8. The van der Waals surface area contributed by atoms with Gasteiger partial charge in [0.2, 0.25) is 0 Å². The van der Waals surface area contributed by atoms with Gasteiger partial charge in [0.1, 0.15) is 40.9 Å². The number of rotatable bonds is 10. The van der Waals surface area contributed by atoms with E-state index >= 15 is 0 Å². The summed E-state index contributed by atoms with van der Waals surface area (Å²) in [5, 5.41) is 22.5. The van der Waals surface area contributed by atoms with E-state index < -0.39 is 23.5 Å². The van der Waals surface area contributed by atoms with Crippen molar-refractivity contribution in [2.45, 2.75) is 30.2 Å². The monoisotopic (exact) mass is 488 g/mol. The zero-order chi connectivity index (χ0) is 23.8. The van der Waals surface area contributed by atoms with Gasteiger partial charge in [0.05, 0.1) is 4.90 Å². The topological polar surface area (TPSA) is 91.3 Å². The Balaban J connectivity index is 1.34. The number of halogens is 3. The number of phenols is 1. The summed E-state index contributed by atoms with van der Waals surface area (Å²) in [4.78, 5) is 0.429. The van der Waals surface area contributed by atoms with Crippen molar-refractivity contribution in [3.8, 4) is 17.2 Å². The number of piperidine rings is 1. The minimum Gasteiger partial charge on any atom is -0.508 e. The fourth-order valence-electron chi connectivity index (χ4n) is 3.43. The molecule has 1 aliphatic rings. The molecule has 0 aliphatic carbocycles. The van der Waals surface area contributed by atoms with Crippen molar-refractivity contribution in [2.24, 2.45) is 5.92 Å². The van der Waals surface area contributed by atoms with Crippen molar-refractivity contribution >= 4 is 11.0 Å². The molecular formula is C22H27F3N2O5S. The summed E-state index contributed by atoms with van der Waals surface area (Å²) >= 11 is 0. The Morgan fingerprint density at radius 3 is 2.27 bits per heavy atom. The number of aromatic hydroxyl groups is 1. The molecule has 0 bridgehead atoms. The van der Waals surface area contributed by atoms with Crippen LogP contribution in [0.25, 0.3) is 0 Å². The molecule has 33 heavy (non-hydrogen) atoms. The Morgan fingerprint density at radius 2 is 1.67 bits per heavy atom. The van der Waals surface area contributed by atoms with Crippen LogP contribution in [0.1, 0.15) is 12.8 Å². The Hall–Kier alpha value is -2.34. The molecule has 1 saturated heterocycles. The van der Waals surface area contributed by atoms with E-state index in [2.05, 4.69) is 10.1 Å². The van der Waals surface area contributed by atoms with Crippen LogP contribution in [0.15, 0.2) is 53.4 Å². The minimum atomic E-state index is -4.76. The third kappa shape index (κ3) is 8.50. The average molecular weight is 489 g/mol. The van der Waals surface area contributed by atoms with Crippen LogP contribution in [0.5, 0.6) is 17.2 Å². The molecule has 1 aliphatic heterocycles. The maximum Gasteiger partial charge on any atom is 0.573 e. The number of hydrogen-bond acceptors (Lipinski definition) is 6. The number of aliphatic hydroxyl groups is 1. The van der Waals surface area contributed by atoms with Gasteiger partial charge in [-0.15, -0.1) is 13.2 Å². The van der Waals surface area contributed by atoms with Gasteiger partial charge < -0.3 is 25.0 Å². The molecule has 1 fully saturated rings. The lowest BCUT2D eigenvalue weighted by Gasteiger charge is -2.31. The predicted octanol–water partition coefficient (Wildman–Crippen LogP) is 3.05. The lowest BCUT2D eigenvalue weighted by molar-refractivity contribution is -0.274. The summed E-state index contributed by atoms with van der Waals surface area (Å²) in [5.41, 5.74) is 0. The summed E-state index contributed by atoms with van der Waals surface area (Å²) in [6.07, 6.45) is -3.81. The molecule has 0 amide bonds. The van der Waals surface area contributed by atoms with Crippen molar-refractivity contribution in [2.75, 3.05) is 32.8 Å². The van der Waals surface area contributed by atoms with E-state index in [-0.39, 0.29) is 18.1 Å². The smallest absolute Gasteiger partial charge is 0.508 e. The Morgan fingerprint density at radius 1 is 1.06 bits per heavy atom. The maximum absolute atomic E-state index is 12.7. The zero-order valence-corrected chi connectivity index (χ0v) is 18.6. The molecule has 0 saturated carbocycles. The van der Waals surface area contributed by atoms with Crippen LogP contribution in [-0.2, 0) is 11.0 Å². The highest BCUT2D eigenvalue weighted by molar-refractivity contribution is 7.82. The number of nitrogens with one attached hydrogen (secondary N) is 1. The van der Waals surface area contributed by atoms with Crippen LogP contribution in [0, 0.1) is 5.92 Å². The first-order chi connectivity index (χ1) is 15.7. The number of hydrogen-bond donors (Lipinski definition) is 3. The summed E-state index contributed by atoms with van der Waals surface area (Å²) < 4.78 is 60.6. The molecule has 1 heterocycles. The van der Waals surface area contributed by atoms with E-state index in [0.717, 1.165) is 25.0 Å². The lowest BCUT2D eigenvalue weighted by atomic mass is 9.98. The quantitative estimate of drug-likeness (QED) is 0.476. The predicted molar refractivity (Wildman–Crippen MR) is 116 cm³/mol. The number of nitrogens with zero attached hydrogens (tertiary/aromatic N) is 1.